The Bertz CT molecular complexity index is 688. The van der Waals surface area contributed by atoms with Gasteiger partial charge in [-0.05, 0) is 19.1 Å². The summed E-state index contributed by atoms with van der Waals surface area (Å²) in [4.78, 5) is 19.0. The van der Waals surface area contributed by atoms with E-state index >= 15 is 0 Å². The van der Waals surface area contributed by atoms with Crippen molar-refractivity contribution in [3.05, 3.63) is 45.5 Å². The van der Waals surface area contributed by atoms with E-state index in [0.717, 1.165) is 25.3 Å². The molecule has 3 rings (SSSR count). The van der Waals surface area contributed by atoms with Crippen molar-refractivity contribution < 1.29 is 0 Å². The third-order valence-corrected chi connectivity index (χ3v) is 3.90. The summed E-state index contributed by atoms with van der Waals surface area (Å²) in [6, 6.07) is 5.57. The van der Waals surface area contributed by atoms with E-state index in [0.29, 0.717) is 23.3 Å². The molecule has 7 heteroatoms. The number of aromatic nitrogens is 2. The molecule has 0 aromatic carbocycles. The fourth-order valence-corrected chi connectivity index (χ4v) is 2.69. The van der Waals surface area contributed by atoms with Crippen molar-refractivity contribution >= 4 is 29.7 Å². The molecule has 1 atom stereocenters. The topological polar surface area (TPSA) is 49.6 Å². The first-order chi connectivity index (χ1) is 9.63. The number of nitrogens with zero attached hydrogens (tertiary/aromatic N) is 3. The van der Waals surface area contributed by atoms with Gasteiger partial charge in [0.15, 0.2) is 0 Å². The molecule has 0 saturated carbocycles. The number of nitrogens with one attached hydrogen (secondary N) is 1. The van der Waals surface area contributed by atoms with Crippen molar-refractivity contribution in [2.45, 2.75) is 19.5 Å². The molecule has 0 unspecified atom stereocenters. The van der Waals surface area contributed by atoms with Gasteiger partial charge in [-0.15, -0.1) is 12.4 Å². The van der Waals surface area contributed by atoms with Gasteiger partial charge in [-0.25, -0.2) is 4.98 Å². The van der Waals surface area contributed by atoms with Crippen LogP contribution in [-0.4, -0.2) is 40.0 Å². The number of pyridine rings is 1. The Balaban J connectivity index is 0.00000161. The second kappa shape index (κ2) is 6.75. The van der Waals surface area contributed by atoms with Gasteiger partial charge in [0.25, 0.3) is 5.56 Å². The fraction of sp³-hybridized carbons (Fsp3) is 0.429. The summed E-state index contributed by atoms with van der Waals surface area (Å²) < 4.78 is 1.48. The fourth-order valence-electron chi connectivity index (χ4n) is 2.53. The molecule has 0 aliphatic carbocycles. The van der Waals surface area contributed by atoms with E-state index in [1.54, 1.807) is 24.4 Å². The predicted octanol–water partition coefficient (Wildman–Crippen LogP) is 1.56. The number of hydrogen-bond acceptors (Lipinski definition) is 4. The van der Waals surface area contributed by atoms with Crippen LogP contribution in [0.15, 0.2) is 29.2 Å². The average molecular weight is 329 g/mol. The second-order valence-electron chi connectivity index (χ2n) is 5.18. The second-order valence-corrected chi connectivity index (χ2v) is 5.62. The Morgan fingerprint density at radius 1 is 1.48 bits per heavy atom. The molecule has 0 radical (unpaired) electrons. The molecule has 1 saturated heterocycles. The summed E-state index contributed by atoms with van der Waals surface area (Å²) >= 11 is 5.90. The Morgan fingerprint density at radius 3 is 3.05 bits per heavy atom. The average Bonchev–Trinajstić information content (AvgIpc) is 2.42. The van der Waals surface area contributed by atoms with E-state index in [1.165, 1.54) is 4.40 Å². The van der Waals surface area contributed by atoms with Crippen LogP contribution < -0.4 is 10.9 Å². The summed E-state index contributed by atoms with van der Waals surface area (Å²) in [5.41, 5.74) is 1.36. The Morgan fingerprint density at radius 2 is 2.29 bits per heavy atom. The third-order valence-electron chi connectivity index (χ3n) is 3.68. The van der Waals surface area contributed by atoms with Crippen LogP contribution in [0.3, 0.4) is 0 Å². The molecule has 0 amide bonds. The summed E-state index contributed by atoms with van der Waals surface area (Å²) in [6.07, 6.45) is 1.60. The van der Waals surface area contributed by atoms with Crippen LogP contribution in [0.1, 0.15) is 12.6 Å². The molecule has 21 heavy (non-hydrogen) atoms. The molecule has 2 aromatic rings. The number of fused-ring (bicyclic) bond motifs is 1. The van der Waals surface area contributed by atoms with Crippen LogP contribution in [0.2, 0.25) is 5.02 Å². The third kappa shape index (κ3) is 3.55. The van der Waals surface area contributed by atoms with E-state index in [-0.39, 0.29) is 18.0 Å². The van der Waals surface area contributed by atoms with Crippen molar-refractivity contribution in [3.8, 4) is 0 Å². The van der Waals surface area contributed by atoms with Gasteiger partial charge in [0.1, 0.15) is 5.65 Å². The zero-order valence-electron chi connectivity index (χ0n) is 11.8. The monoisotopic (exact) mass is 328 g/mol. The highest BCUT2D eigenvalue weighted by Crippen LogP contribution is 2.11. The quantitative estimate of drug-likeness (QED) is 0.909. The first-order valence-corrected chi connectivity index (χ1v) is 7.14. The first kappa shape index (κ1) is 16.2. The summed E-state index contributed by atoms with van der Waals surface area (Å²) in [5, 5.41) is 3.89. The molecule has 1 aliphatic heterocycles. The van der Waals surface area contributed by atoms with Crippen molar-refractivity contribution in [2.75, 3.05) is 19.6 Å². The van der Waals surface area contributed by atoms with Crippen LogP contribution in [0.5, 0.6) is 0 Å². The van der Waals surface area contributed by atoms with Gasteiger partial charge in [0.2, 0.25) is 0 Å². The molecule has 114 valence electrons. The smallest absolute Gasteiger partial charge is 0.258 e. The Kier molecular flexibility index (Phi) is 5.22. The molecular weight excluding hydrogens is 311 g/mol. The SMILES string of the molecule is C[C@H]1CNCCN1Cc1cc(=O)n2cc(Cl)ccc2n1.Cl. The van der Waals surface area contributed by atoms with E-state index in [1.807, 2.05) is 0 Å². The zero-order chi connectivity index (χ0) is 14.1. The normalized spacial score (nSPS) is 19.4. The Labute approximate surface area is 134 Å². The highest BCUT2D eigenvalue weighted by molar-refractivity contribution is 6.30. The van der Waals surface area contributed by atoms with Gasteiger partial charge in [-0.3, -0.25) is 14.1 Å². The molecule has 5 nitrogen and oxygen atoms in total. The largest absolute Gasteiger partial charge is 0.314 e. The molecule has 1 fully saturated rings. The van der Waals surface area contributed by atoms with Gasteiger partial charge in [-0.1, -0.05) is 11.6 Å². The summed E-state index contributed by atoms with van der Waals surface area (Å²) in [5.74, 6) is 0. The van der Waals surface area contributed by atoms with Gasteiger partial charge in [0, 0.05) is 44.5 Å². The zero-order valence-corrected chi connectivity index (χ0v) is 13.3. The predicted molar refractivity (Wildman–Crippen MR) is 86.5 cm³/mol. The van der Waals surface area contributed by atoms with Crippen LogP contribution in [-0.2, 0) is 6.54 Å². The lowest BCUT2D eigenvalue weighted by atomic mass is 10.2. The van der Waals surface area contributed by atoms with Crippen molar-refractivity contribution in [3.63, 3.8) is 0 Å². The van der Waals surface area contributed by atoms with E-state index in [2.05, 4.69) is 22.1 Å². The molecule has 0 bridgehead atoms. The van der Waals surface area contributed by atoms with Gasteiger partial charge in [0.05, 0.1) is 10.7 Å². The van der Waals surface area contributed by atoms with Gasteiger partial charge in [-0.2, -0.15) is 0 Å². The molecular formula is C14H18Cl2N4O. The van der Waals surface area contributed by atoms with Crippen molar-refractivity contribution in [1.82, 2.24) is 19.6 Å². The van der Waals surface area contributed by atoms with E-state index < -0.39 is 0 Å². The minimum Gasteiger partial charge on any atom is -0.314 e. The molecule has 2 aromatic heterocycles. The maximum absolute atomic E-state index is 12.1. The minimum absolute atomic E-state index is 0. The summed E-state index contributed by atoms with van der Waals surface area (Å²) in [7, 11) is 0. The van der Waals surface area contributed by atoms with E-state index in [4.69, 9.17) is 11.6 Å². The molecule has 1 aliphatic rings. The van der Waals surface area contributed by atoms with Gasteiger partial charge < -0.3 is 5.32 Å². The van der Waals surface area contributed by atoms with Crippen LogP contribution in [0, 0.1) is 0 Å². The number of halogens is 2. The summed E-state index contributed by atoms with van der Waals surface area (Å²) in [6.45, 7) is 5.81. The standard InChI is InChI=1S/C14H17ClN4O.ClH/c1-10-7-16-4-5-18(10)9-12-6-14(20)19-8-11(15)2-3-13(19)17-12;/h2-3,6,8,10,16H,4-5,7,9H2,1H3;1H/t10-;/m0./s1. The van der Waals surface area contributed by atoms with Crippen LogP contribution in [0.4, 0.5) is 0 Å². The molecule has 1 N–H and O–H groups in total. The first-order valence-electron chi connectivity index (χ1n) is 6.76. The maximum atomic E-state index is 12.1. The highest BCUT2D eigenvalue weighted by Gasteiger charge is 2.18. The number of piperazine rings is 1. The number of rotatable bonds is 2. The lowest BCUT2D eigenvalue weighted by Gasteiger charge is -2.33. The molecule has 3 heterocycles. The number of hydrogen-bond donors (Lipinski definition) is 1. The Hall–Kier alpha value is -1.14. The van der Waals surface area contributed by atoms with Gasteiger partial charge >= 0.3 is 0 Å². The maximum Gasteiger partial charge on any atom is 0.258 e. The minimum atomic E-state index is -0.0877. The van der Waals surface area contributed by atoms with Crippen LogP contribution >= 0.6 is 24.0 Å². The van der Waals surface area contributed by atoms with E-state index in [9.17, 15) is 4.79 Å². The van der Waals surface area contributed by atoms with Crippen molar-refractivity contribution in [2.24, 2.45) is 0 Å². The van der Waals surface area contributed by atoms with Crippen LogP contribution in [0.25, 0.3) is 5.65 Å². The van der Waals surface area contributed by atoms with Crippen molar-refractivity contribution in [1.29, 1.82) is 0 Å². The molecule has 0 spiro atoms. The highest BCUT2D eigenvalue weighted by atomic mass is 35.5. The lowest BCUT2D eigenvalue weighted by molar-refractivity contribution is 0.164. The lowest BCUT2D eigenvalue weighted by Crippen LogP contribution is -2.49.